The maximum Gasteiger partial charge on any atom is 0.311 e. The van der Waals surface area contributed by atoms with Gasteiger partial charge in [-0.25, -0.2) is 0 Å². The molecular formula is C33H50O5. The predicted octanol–water partition coefficient (Wildman–Crippen LogP) is 7.38. The predicted molar refractivity (Wildman–Crippen MR) is 149 cm³/mol. The lowest BCUT2D eigenvalue weighted by atomic mass is 9.62. The molecule has 4 aliphatic rings. The molecule has 6 atom stereocenters. The Labute approximate surface area is 230 Å². The summed E-state index contributed by atoms with van der Waals surface area (Å²) in [5.41, 5.74) is 0.242. The number of carbonyl (C=O) groups is 3. The molecule has 3 unspecified atom stereocenters. The monoisotopic (exact) mass is 526 g/mol. The largest absolute Gasteiger partial charge is 0.461 e. The minimum Gasteiger partial charge on any atom is -0.461 e. The number of hydrogen-bond acceptors (Lipinski definition) is 5. The fourth-order valence-corrected chi connectivity index (χ4v) is 8.15. The van der Waals surface area contributed by atoms with Gasteiger partial charge in [0.05, 0.1) is 10.8 Å². The topological polar surface area (TPSA) is 69.7 Å². The first-order valence-corrected chi connectivity index (χ1v) is 15.0. The number of Topliss-reactive ketones (excluding diaryl/α,β-unsaturated/α-hetero) is 1. The Morgan fingerprint density at radius 3 is 2.42 bits per heavy atom. The van der Waals surface area contributed by atoms with E-state index in [2.05, 4.69) is 46.8 Å². The fourth-order valence-electron chi connectivity index (χ4n) is 8.15. The van der Waals surface area contributed by atoms with Gasteiger partial charge in [-0.3, -0.25) is 14.4 Å². The molecule has 4 rings (SSSR count). The number of ketones is 1. The average Bonchev–Trinajstić information content (AvgIpc) is 3.14. The summed E-state index contributed by atoms with van der Waals surface area (Å²) in [6, 6.07) is 0. The van der Waals surface area contributed by atoms with E-state index in [-0.39, 0.29) is 53.4 Å². The minimum absolute atomic E-state index is 0.0604. The van der Waals surface area contributed by atoms with Crippen molar-refractivity contribution in [1.82, 2.24) is 0 Å². The highest BCUT2D eigenvalue weighted by molar-refractivity contribution is 5.94. The van der Waals surface area contributed by atoms with Gasteiger partial charge in [0.1, 0.15) is 12.2 Å². The lowest BCUT2D eigenvalue weighted by Gasteiger charge is -2.40. The van der Waals surface area contributed by atoms with E-state index in [0.717, 1.165) is 44.1 Å². The third-order valence-electron chi connectivity index (χ3n) is 10.2. The number of fused-ring (bicyclic) bond motifs is 3. The van der Waals surface area contributed by atoms with Gasteiger partial charge >= 0.3 is 11.9 Å². The molecule has 0 aromatic rings. The highest BCUT2D eigenvalue weighted by Crippen LogP contribution is 2.74. The summed E-state index contributed by atoms with van der Waals surface area (Å²) in [4.78, 5) is 40.3. The third kappa shape index (κ3) is 4.81. The van der Waals surface area contributed by atoms with Crippen molar-refractivity contribution in [3.05, 3.63) is 23.3 Å². The van der Waals surface area contributed by atoms with Crippen LogP contribution in [0.1, 0.15) is 113 Å². The van der Waals surface area contributed by atoms with E-state index in [0.29, 0.717) is 6.42 Å². The van der Waals surface area contributed by atoms with Crippen molar-refractivity contribution in [2.45, 2.75) is 119 Å². The normalized spacial score (nSPS) is 35.2. The van der Waals surface area contributed by atoms with Crippen LogP contribution in [0.3, 0.4) is 0 Å². The van der Waals surface area contributed by atoms with E-state index in [1.165, 1.54) is 18.4 Å². The highest BCUT2D eigenvalue weighted by atomic mass is 16.6. The number of rotatable bonds is 9. The lowest BCUT2D eigenvalue weighted by Crippen LogP contribution is -2.43. The Hall–Kier alpha value is -1.91. The Balaban J connectivity index is 1.64. The number of esters is 2. The van der Waals surface area contributed by atoms with Crippen molar-refractivity contribution in [3.63, 3.8) is 0 Å². The molecular weight excluding hydrogens is 476 g/mol. The quantitative estimate of drug-likeness (QED) is 0.178. The molecule has 1 spiro atoms. The van der Waals surface area contributed by atoms with Crippen LogP contribution in [0.5, 0.6) is 0 Å². The van der Waals surface area contributed by atoms with Gasteiger partial charge in [-0.05, 0) is 70.8 Å². The van der Waals surface area contributed by atoms with E-state index < -0.39 is 16.4 Å². The number of unbranched alkanes of at least 4 members (excludes halogenated alkanes) is 4. The first-order chi connectivity index (χ1) is 17.7. The van der Waals surface area contributed by atoms with E-state index in [1.807, 2.05) is 20.8 Å². The molecule has 0 radical (unpaired) electrons. The van der Waals surface area contributed by atoms with Crippen LogP contribution in [-0.4, -0.2) is 29.9 Å². The molecule has 0 aliphatic heterocycles. The van der Waals surface area contributed by atoms with Gasteiger partial charge < -0.3 is 9.47 Å². The van der Waals surface area contributed by atoms with Crippen LogP contribution >= 0.6 is 0 Å². The van der Waals surface area contributed by atoms with E-state index >= 15 is 0 Å². The number of allylic oxidation sites excluding steroid dienone is 3. The van der Waals surface area contributed by atoms with E-state index in [1.54, 1.807) is 0 Å². The second-order valence-electron chi connectivity index (χ2n) is 14.4. The maximum atomic E-state index is 14.5. The SMILES string of the molecule is CCCCCCCC(=O)O[C@@]12C[C@@H](C)C34C=C(C)CC3CC(COC(=O)C(C)(C)C)=CC(C4=O)[C@@H]1C2(C)C. The second-order valence-corrected chi connectivity index (χ2v) is 14.4. The zero-order valence-corrected chi connectivity index (χ0v) is 25.1. The van der Waals surface area contributed by atoms with Gasteiger partial charge in [0, 0.05) is 23.7 Å². The summed E-state index contributed by atoms with van der Waals surface area (Å²) in [5, 5.41) is 0. The number of carbonyl (C=O) groups excluding carboxylic acids is 3. The molecule has 2 bridgehead atoms. The van der Waals surface area contributed by atoms with Crippen LogP contribution in [0.4, 0.5) is 0 Å². The molecule has 5 heteroatoms. The van der Waals surface area contributed by atoms with Crippen molar-refractivity contribution < 1.29 is 23.9 Å². The van der Waals surface area contributed by atoms with Crippen molar-refractivity contribution in [2.24, 2.45) is 39.9 Å². The summed E-state index contributed by atoms with van der Waals surface area (Å²) >= 11 is 0. The first kappa shape index (κ1) is 29.1. The van der Waals surface area contributed by atoms with Crippen molar-refractivity contribution in [2.75, 3.05) is 6.61 Å². The Morgan fingerprint density at radius 1 is 1.08 bits per heavy atom. The van der Waals surface area contributed by atoms with Crippen molar-refractivity contribution in [1.29, 1.82) is 0 Å². The average molecular weight is 527 g/mol. The van der Waals surface area contributed by atoms with Crippen LogP contribution in [0.15, 0.2) is 23.3 Å². The molecule has 2 saturated carbocycles. The second kappa shape index (κ2) is 10.2. The van der Waals surface area contributed by atoms with Crippen molar-refractivity contribution in [3.8, 4) is 0 Å². The van der Waals surface area contributed by atoms with Crippen molar-refractivity contribution >= 4 is 17.7 Å². The summed E-state index contributed by atoms with van der Waals surface area (Å²) in [6.07, 6.45) is 12.6. The van der Waals surface area contributed by atoms with Crippen LogP contribution in [0.2, 0.25) is 0 Å². The highest BCUT2D eigenvalue weighted by Gasteiger charge is 2.80. The minimum atomic E-state index is -0.632. The maximum absolute atomic E-state index is 14.5. The molecule has 0 N–H and O–H groups in total. The zero-order valence-electron chi connectivity index (χ0n) is 25.1. The molecule has 0 heterocycles. The van der Waals surface area contributed by atoms with Crippen LogP contribution < -0.4 is 0 Å². The van der Waals surface area contributed by atoms with Gasteiger partial charge in [0.25, 0.3) is 0 Å². The molecule has 2 fully saturated rings. The van der Waals surface area contributed by atoms with E-state index in [9.17, 15) is 14.4 Å². The molecule has 38 heavy (non-hydrogen) atoms. The summed E-state index contributed by atoms with van der Waals surface area (Å²) in [6.45, 7) is 16.6. The molecule has 0 saturated heterocycles. The fraction of sp³-hybridized carbons (Fsp3) is 0.788. The smallest absolute Gasteiger partial charge is 0.311 e. The van der Waals surface area contributed by atoms with Gasteiger partial charge in [-0.1, -0.05) is 71.1 Å². The standard InChI is InChI=1S/C33H50O5/c1-9-10-11-12-13-14-26(34)38-33-19-22(3)32-18-21(2)15-24(32)16-23(20-37-29(36)30(4,5)6)17-25(28(32)35)27(33)31(33,7)8/h17-18,22,24-25,27H,9-16,19-20H2,1-8H3/t22-,24?,25?,27-,32?,33+/m1/s1. The Kier molecular flexibility index (Phi) is 7.84. The van der Waals surface area contributed by atoms with Gasteiger partial charge in [0.2, 0.25) is 0 Å². The zero-order chi connectivity index (χ0) is 28.1. The Bertz CT molecular complexity index is 1030. The number of ether oxygens (including phenoxy) is 2. The molecule has 5 nitrogen and oxygen atoms in total. The third-order valence-corrected chi connectivity index (χ3v) is 10.2. The summed E-state index contributed by atoms with van der Waals surface area (Å²) in [5.74, 6) is -0.265. The van der Waals surface area contributed by atoms with Gasteiger partial charge in [-0.15, -0.1) is 0 Å². The summed E-state index contributed by atoms with van der Waals surface area (Å²) in [7, 11) is 0. The van der Waals surface area contributed by atoms with Gasteiger partial charge in [0.15, 0.2) is 5.78 Å². The molecule has 4 aliphatic carbocycles. The van der Waals surface area contributed by atoms with Crippen LogP contribution in [0, 0.1) is 39.9 Å². The lowest BCUT2D eigenvalue weighted by molar-refractivity contribution is -0.156. The van der Waals surface area contributed by atoms with E-state index in [4.69, 9.17) is 9.47 Å². The first-order valence-electron chi connectivity index (χ1n) is 15.0. The number of hydrogen-bond donors (Lipinski definition) is 0. The molecule has 0 amide bonds. The molecule has 0 aromatic heterocycles. The van der Waals surface area contributed by atoms with Gasteiger partial charge in [-0.2, -0.15) is 0 Å². The van der Waals surface area contributed by atoms with Crippen LogP contribution in [-0.2, 0) is 23.9 Å². The molecule has 212 valence electrons. The summed E-state index contributed by atoms with van der Waals surface area (Å²) < 4.78 is 12.2. The molecule has 0 aromatic carbocycles. The van der Waals surface area contributed by atoms with Crippen LogP contribution in [0.25, 0.3) is 0 Å². The Morgan fingerprint density at radius 2 is 1.76 bits per heavy atom.